The fourth-order valence-electron chi connectivity index (χ4n) is 2.76. The molecule has 0 spiro atoms. The van der Waals surface area contributed by atoms with Gasteiger partial charge in [-0.25, -0.2) is 4.79 Å². The molecule has 12 heteroatoms. The van der Waals surface area contributed by atoms with E-state index in [1.165, 1.54) is 12.1 Å². The second kappa shape index (κ2) is 14.1. The van der Waals surface area contributed by atoms with Crippen molar-refractivity contribution in [1.29, 1.82) is 0 Å². The van der Waals surface area contributed by atoms with Crippen molar-refractivity contribution in [3.8, 4) is 5.75 Å². The van der Waals surface area contributed by atoms with Crippen molar-refractivity contribution in [1.82, 2.24) is 10.6 Å². The lowest BCUT2D eigenvalue weighted by atomic mass is 10.0. The van der Waals surface area contributed by atoms with Gasteiger partial charge in [-0.15, -0.1) is 0 Å². The largest absolute Gasteiger partial charge is 0.508 e. The Hall–Kier alpha value is -2.99. The van der Waals surface area contributed by atoms with E-state index in [2.05, 4.69) is 15.6 Å². The average Bonchev–Trinajstić information content (AvgIpc) is 2.74. The van der Waals surface area contributed by atoms with Gasteiger partial charge in [-0.1, -0.05) is 12.1 Å². The van der Waals surface area contributed by atoms with Crippen molar-refractivity contribution in [3.05, 3.63) is 29.8 Å². The molecular weight excluding hydrogens is 436 g/mol. The summed E-state index contributed by atoms with van der Waals surface area (Å²) in [6.45, 7) is 0.222. The van der Waals surface area contributed by atoms with Crippen LogP contribution in [0.15, 0.2) is 29.3 Å². The van der Waals surface area contributed by atoms with Crippen molar-refractivity contribution in [2.24, 2.45) is 22.2 Å². The molecule has 0 saturated heterocycles. The molecule has 10 N–H and O–H groups in total. The minimum atomic E-state index is -1.21. The molecule has 0 aliphatic carbocycles. The van der Waals surface area contributed by atoms with E-state index in [1.54, 1.807) is 23.9 Å². The topological polar surface area (TPSA) is 206 Å². The van der Waals surface area contributed by atoms with E-state index in [-0.39, 0.29) is 31.1 Å². The Morgan fingerprint density at radius 3 is 2.25 bits per heavy atom. The third kappa shape index (κ3) is 10.4. The molecule has 2 amide bonds. The van der Waals surface area contributed by atoms with E-state index < -0.39 is 35.9 Å². The summed E-state index contributed by atoms with van der Waals surface area (Å²) in [6.07, 6.45) is 2.86. The normalized spacial score (nSPS) is 13.4. The summed E-state index contributed by atoms with van der Waals surface area (Å²) in [7, 11) is 0. The first-order chi connectivity index (χ1) is 15.1. The number of rotatable bonds is 14. The number of nitrogens with one attached hydrogen (secondary N) is 2. The van der Waals surface area contributed by atoms with Crippen LogP contribution < -0.4 is 27.8 Å². The number of nitrogens with two attached hydrogens (primary N) is 3. The van der Waals surface area contributed by atoms with Gasteiger partial charge in [0, 0.05) is 13.0 Å². The maximum atomic E-state index is 12.9. The molecule has 32 heavy (non-hydrogen) atoms. The van der Waals surface area contributed by atoms with E-state index >= 15 is 0 Å². The standard InChI is InChI=1S/C20H32N6O5S/c1-32-10-8-14(21)17(28)26-16(11-12-4-6-13(27)7-5-12)18(29)25-15(19(30)31)3-2-9-24-20(22)23/h4-7,14-16,27H,2-3,8-11,21H2,1H3,(H,25,29)(H,26,28)(H,30,31)(H4,22,23,24). The highest BCUT2D eigenvalue weighted by atomic mass is 32.2. The number of hydrogen-bond donors (Lipinski definition) is 7. The van der Waals surface area contributed by atoms with Gasteiger partial charge in [-0.05, 0) is 49.0 Å². The van der Waals surface area contributed by atoms with E-state index in [0.29, 0.717) is 24.2 Å². The molecule has 1 aromatic carbocycles. The Bertz CT molecular complexity index is 785. The number of phenolic OH excluding ortho intramolecular Hbond substituents is 1. The van der Waals surface area contributed by atoms with Gasteiger partial charge in [0.25, 0.3) is 0 Å². The summed E-state index contributed by atoms with van der Waals surface area (Å²) in [5.41, 5.74) is 17.1. The van der Waals surface area contributed by atoms with Crippen molar-refractivity contribution >= 4 is 35.5 Å². The van der Waals surface area contributed by atoms with E-state index in [1.807, 2.05) is 6.26 Å². The molecule has 0 heterocycles. The molecule has 11 nitrogen and oxygen atoms in total. The van der Waals surface area contributed by atoms with Gasteiger partial charge in [0.15, 0.2) is 5.96 Å². The molecule has 178 valence electrons. The van der Waals surface area contributed by atoms with Gasteiger partial charge in [0.1, 0.15) is 17.8 Å². The van der Waals surface area contributed by atoms with Crippen LogP contribution in [-0.2, 0) is 20.8 Å². The molecule has 3 unspecified atom stereocenters. The van der Waals surface area contributed by atoms with Gasteiger partial charge in [0.2, 0.25) is 11.8 Å². The van der Waals surface area contributed by atoms with E-state index in [9.17, 15) is 24.6 Å². The lowest BCUT2D eigenvalue weighted by Crippen LogP contribution is -2.55. The number of guanidine groups is 1. The predicted octanol–water partition coefficient (Wildman–Crippen LogP) is -0.877. The molecule has 3 atom stereocenters. The monoisotopic (exact) mass is 468 g/mol. The highest BCUT2D eigenvalue weighted by Gasteiger charge is 2.28. The minimum absolute atomic E-state index is 0.0598. The Kier molecular flexibility index (Phi) is 12.0. The summed E-state index contributed by atoms with van der Waals surface area (Å²) < 4.78 is 0. The van der Waals surface area contributed by atoms with Crippen LogP contribution in [0.4, 0.5) is 0 Å². The number of nitrogens with zero attached hydrogens (tertiary/aromatic N) is 1. The van der Waals surface area contributed by atoms with Crippen LogP contribution in [0.3, 0.4) is 0 Å². The number of hydrogen-bond acceptors (Lipinski definition) is 7. The fraction of sp³-hybridized carbons (Fsp3) is 0.500. The number of carbonyl (C=O) groups excluding carboxylic acids is 2. The maximum Gasteiger partial charge on any atom is 0.326 e. The first kappa shape index (κ1) is 27.0. The zero-order chi connectivity index (χ0) is 24.1. The van der Waals surface area contributed by atoms with Crippen LogP contribution in [-0.4, -0.2) is 70.6 Å². The summed E-state index contributed by atoms with van der Waals surface area (Å²) in [6, 6.07) is 3.11. The van der Waals surface area contributed by atoms with Crippen molar-refractivity contribution in [2.45, 2.75) is 43.8 Å². The molecule has 0 aliphatic heterocycles. The number of carboxylic acids is 1. The average molecular weight is 469 g/mol. The van der Waals surface area contributed by atoms with Gasteiger partial charge in [-0.2, -0.15) is 11.8 Å². The summed E-state index contributed by atoms with van der Waals surface area (Å²) in [5, 5.41) is 24.0. The van der Waals surface area contributed by atoms with Gasteiger partial charge in [0.05, 0.1) is 6.04 Å². The maximum absolute atomic E-state index is 12.9. The van der Waals surface area contributed by atoms with Gasteiger partial charge in [-0.3, -0.25) is 14.6 Å². The Morgan fingerprint density at radius 1 is 1.06 bits per heavy atom. The molecule has 0 saturated carbocycles. The molecule has 0 aliphatic rings. The third-order valence-corrected chi connectivity index (χ3v) is 5.18. The Morgan fingerprint density at radius 2 is 1.69 bits per heavy atom. The van der Waals surface area contributed by atoms with Gasteiger partial charge >= 0.3 is 5.97 Å². The van der Waals surface area contributed by atoms with Crippen LogP contribution >= 0.6 is 11.8 Å². The van der Waals surface area contributed by atoms with Gasteiger partial charge < -0.3 is 38.0 Å². The van der Waals surface area contributed by atoms with Crippen molar-refractivity contribution in [3.63, 3.8) is 0 Å². The highest BCUT2D eigenvalue weighted by molar-refractivity contribution is 7.98. The summed E-state index contributed by atoms with van der Waals surface area (Å²) in [4.78, 5) is 40.8. The Balaban J connectivity index is 2.90. The van der Waals surface area contributed by atoms with Crippen LogP contribution in [0.5, 0.6) is 5.75 Å². The lowest BCUT2D eigenvalue weighted by Gasteiger charge is -2.23. The quantitative estimate of drug-likeness (QED) is 0.103. The second-order valence-corrected chi connectivity index (χ2v) is 8.15. The number of aromatic hydroxyl groups is 1. The first-order valence-corrected chi connectivity index (χ1v) is 11.4. The first-order valence-electron chi connectivity index (χ1n) is 10.1. The highest BCUT2D eigenvalue weighted by Crippen LogP contribution is 2.12. The number of carboxylic acid groups (broad SMARTS) is 1. The zero-order valence-electron chi connectivity index (χ0n) is 18.0. The number of carbonyl (C=O) groups is 3. The minimum Gasteiger partial charge on any atom is -0.508 e. The Labute approximate surface area is 191 Å². The molecule has 0 aromatic heterocycles. The number of aliphatic carboxylic acids is 1. The van der Waals surface area contributed by atoms with E-state index in [0.717, 1.165) is 0 Å². The molecule has 0 radical (unpaired) electrons. The smallest absolute Gasteiger partial charge is 0.326 e. The van der Waals surface area contributed by atoms with Crippen LogP contribution in [0, 0.1) is 0 Å². The van der Waals surface area contributed by atoms with Crippen LogP contribution in [0.25, 0.3) is 0 Å². The number of aliphatic imine (C=N–C) groups is 1. The predicted molar refractivity (Wildman–Crippen MR) is 124 cm³/mol. The van der Waals surface area contributed by atoms with Crippen molar-refractivity contribution < 1.29 is 24.6 Å². The SMILES string of the molecule is CSCCC(N)C(=O)NC(Cc1ccc(O)cc1)C(=O)NC(CCCN=C(N)N)C(=O)O. The second-order valence-electron chi connectivity index (χ2n) is 7.17. The molecule has 0 fully saturated rings. The summed E-state index contributed by atoms with van der Waals surface area (Å²) >= 11 is 1.55. The van der Waals surface area contributed by atoms with Crippen molar-refractivity contribution in [2.75, 3.05) is 18.6 Å². The van der Waals surface area contributed by atoms with E-state index in [4.69, 9.17) is 17.2 Å². The number of amides is 2. The zero-order valence-corrected chi connectivity index (χ0v) is 18.8. The molecular formula is C20H32N6O5S. The number of thioether (sulfide) groups is 1. The number of phenols is 1. The van der Waals surface area contributed by atoms with Crippen LogP contribution in [0.1, 0.15) is 24.8 Å². The molecule has 1 aromatic rings. The summed E-state index contributed by atoms with van der Waals surface area (Å²) in [5.74, 6) is -1.73. The molecule has 0 bridgehead atoms. The molecule has 1 rings (SSSR count). The third-order valence-electron chi connectivity index (χ3n) is 4.54. The lowest BCUT2D eigenvalue weighted by molar-refractivity contribution is -0.142. The fourth-order valence-corrected chi connectivity index (χ4v) is 3.25. The van der Waals surface area contributed by atoms with Crippen LogP contribution in [0.2, 0.25) is 0 Å². The number of benzene rings is 1.